The summed E-state index contributed by atoms with van der Waals surface area (Å²) in [7, 11) is 0. The number of carbonyl (C=O) groups excluding carboxylic acids is 3. The molecule has 3 heterocycles. The summed E-state index contributed by atoms with van der Waals surface area (Å²) in [5.41, 5.74) is 9.40. The number of carbonyl (C=O) groups is 4. The number of aromatic nitrogens is 4. The van der Waals surface area contributed by atoms with E-state index in [0.29, 0.717) is 37.9 Å². The second kappa shape index (κ2) is 22.0. The van der Waals surface area contributed by atoms with Crippen molar-refractivity contribution in [1.29, 1.82) is 0 Å². The van der Waals surface area contributed by atoms with Gasteiger partial charge >= 0.3 is 17.9 Å². The van der Waals surface area contributed by atoms with Crippen LogP contribution in [0.1, 0.15) is 148 Å². The molecule has 1 amide bonds. The first-order valence-corrected chi connectivity index (χ1v) is 22.8. The van der Waals surface area contributed by atoms with E-state index in [1.54, 1.807) is 19.9 Å². The number of nitrogens with zero attached hydrogens (tertiary/aromatic N) is 5. The van der Waals surface area contributed by atoms with Crippen LogP contribution in [0.25, 0.3) is 0 Å². The van der Waals surface area contributed by atoms with Crippen molar-refractivity contribution in [2.75, 3.05) is 26.3 Å². The molecule has 0 bridgehead atoms. The summed E-state index contributed by atoms with van der Waals surface area (Å²) in [5.74, 6) is -9.34. The van der Waals surface area contributed by atoms with Crippen molar-refractivity contribution in [3.8, 4) is 0 Å². The van der Waals surface area contributed by atoms with Gasteiger partial charge in [-0.3, -0.25) is 19.0 Å². The average Bonchev–Trinajstić information content (AvgIpc) is 4.06. The maximum absolute atomic E-state index is 15.2. The summed E-state index contributed by atoms with van der Waals surface area (Å²) in [4.78, 5) is 48.7. The molecule has 1 saturated carbocycles. The Morgan fingerprint density at radius 1 is 0.682 bits per heavy atom. The first-order chi connectivity index (χ1) is 30.9. The maximum Gasteiger partial charge on any atom is 0.359 e. The minimum Gasteiger partial charge on any atom is -0.480 e. The molecule has 1 saturated heterocycles. The van der Waals surface area contributed by atoms with Gasteiger partial charge < -0.3 is 19.5 Å². The van der Waals surface area contributed by atoms with E-state index < -0.39 is 54.0 Å². The van der Waals surface area contributed by atoms with Crippen LogP contribution in [0.5, 0.6) is 0 Å². The molecule has 8 rings (SSSR count). The van der Waals surface area contributed by atoms with Gasteiger partial charge in [0.2, 0.25) is 5.91 Å². The summed E-state index contributed by atoms with van der Waals surface area (Å²) in [5, 5.41) is 17.1. The van der Waals surface area contributed by atoms with E-state index in [9.17, 15) is 28.0 Å². The highest BCUT2D eigenvalue weighted by molar-refractivity contribution is 5.90. The quantitative estimate of drug-likeness (QED) is 0.121. The predicted molar refractivity (Wildman–Crippen MR) is 242 cm³/mol. The summed E-state index contributed by atoms with van der Waals surface area (Å²) in [6.45, 7) is 11.0. The Bertz CT molecular complexity index is 2400. The smallest absolute Gasteiger partial charge is 0.359 e. The summed E-state index contributed by atoms with van der Waals surface area (Å²) in [6, 6.07) is 11.2. The highest BCUT2D eigenvalue weighted by Gasteiger charge is 2.47. The molecule has 3 aliphatic carbocycles. The topological polar surface area (TPSA) is 146 Å². The third-order valence-corrected chi connectivity index (χ3v) is 13.3. The van der Waals surface area contributed by atoms with Gasteiger partial charge in [-0.05, 0) is 133 Å². The van der Waals surface area contributed by atoms with Crippen molar-refractivity contribution < 1.29 is 51.3 Å². The lowest BCUT2D eigenvalue weighted by Crippen LogP contribution is -2.50. The predicted octanol–water partition coefficient (Wildman–Crippen LogP) is 9.47. The Hall–Kier alpha value is -5.25. The SMILES string of the molecule is CCOC(=O)c1nn(CC(=O)N2CCC(c3cccc(C)c3C)C(F)(F)C2)c2c1CCC2.CCOC(=O)c1nn(CC(=O)O)c2c1CCC2.Cc1cccc(C2CCCCC2(F)F)c1C.Cl. The van der Waals surface area contributed by atoms with Crippen molar-refractivity contribution in [3.05, 3.63) is 104 Å². The van der Waals surface area contributed by atoms with E-state index in [4.69, 9.17) is 14.6 Å². The number of hydrogen-bond donors (Lipinski definition) is 1. The number of likely N-dealkylation sites (tertiary alicyclic amines) is 1. The number of ether oxygens (including phenoxy) is 2. The van der Waals surface area contributed by atoms with E-state index in [0.717, 1.165) is 82.4 Å². The molecule has 12 nitrogen and oxygen atoms in total. The lowest BCUT2D eigenvalue weighted by molar-refractivity contribution is -0.145. The standard InChI is InChI=1S/C24H29F2N3O3.C14H18F2.C11H14N2O4.ClH/c1-4-32-23(31)22-18-9-6-10-20(18)29(27-22)13-21(30)28-12-11-19(24(25,26)14-28)17-8-5-7-15(2)16(17)3;1-10-6-5-7-12(11(10)2)13-8-3-4-9-14(13,15)16;1-2-17-11(16)10-7-4-3-5-8(7)13(12-10)6-9(14)15;/h5,7-8,19H,4,6,9-14H2,1-3H3;5-7,13H,3-4,8-9H2,1-2H3;2-6H2,1H3,(H,14,15);1H. The Morgan fingerprint density at radius 3 is 1.62 bits per heavy atom. The first-order valence-electron chi connectivity index (χ1n) is 22.8. The molecule has 0 spiro atoms. The van der Waals surface area contributed by atoms with Crippen LogP contribution in [0.2, 0.25) is 0 Å². The number of esters is 2. The van der Waals surface area contributed by atoms with Crippen LogP contribution >= 0.6 is 12.4 Å². The molecule has 17 heteroatoms. The van der Waals surface area contributed by atoms with Gasteiger partial charge in [-0.2, -0.15) is 10.2 Å². The molecular formula is C49H62ClF4N5O7. The second-order valence-electron chi connectivity index (χ2n) is 17.5. The third kappa shape index (κ3) is 11.5. The van der Waals surface area contributed by atoms with E-state index in [2.05, 4.69) is 10.2 Å². The third-order valence-electron chi connectivity index (χ3n) is 13.3. The Balaban J connectivity index is 0.000000203. The molecule has 2 atom stereocenters. The Morgan fingerprint density at radius 2 is 1.17 bits per heavy atom. The Labute approximate surface area is 389 Å². The molecule has 2 aromatic carbocycles. The molecule has 0 radical (unpaired) electrons. The van der Waals surface area contributed by atoms with E-state index in [-0.39, 0.29) is 62.9 Å². The Kier molecular flexibility index (Phi) is 17.3. The fraction of sp³-hybridized carbons (Fsp3) is 0.551. The van der Waals surface area contributed by atoms with Crippen LogP contribution in [0.15, 0.2) is 36.4 Å². The molecule has 4 aromatic rings. The number of carboxylic acids is 1. The number of hydrogen-bond acceptors (Lipinski definition) is 8. The molecule has 1 aliphatic heterocycles. The number of alkyl halides is 4. The number of aliphatic carboxylic acids is 1. The highest BCUT2D eigenvalue weighted by Crippen LogP contribution is 2.46. The molecule has 1 N–H and O–H groups in total. The number of benzene rings is 2. The molecule has 66 heavy (non-hydrogen) atoms. The van der Waals surface area contributed by atoms with Crippen LogP contribution in [-0.2, 0) is 57.8 Å². The van der Waals surface area contributed by atoms with Crippen molar-refractivity contribution in [2.24, 2.45) is 0 Å². The second-order valence-corrected chi connectivity index (χ2v) is 17.5. The zero-order valence-electron chi connectivity index (χ0n) is 38.7. The number of aryl methyl sites for hydroxylation is 2. The van der Waals surface area contributed by atoms with Crippen LogP contribution in [0.4, 0.5) is 17.6 Å². The monoisotopic (exact) mass is 943 g/mol. The number of carboxylic acid groups (broad SMARTS) is 1. The van der Waals surface area contributed by atoms with E-state index >= 15 is 8.78 Å². The van der Waals surface area contributed by atoms with Crippen LogP contribution in [0.3, 0.4) is 0 Å². The molecule has 4 aliphatic rings. The number of piperidine rings is 1. The fourth-order valence-electron chi connectivity index (χ4n) is 9.68. The van der Waals surface area contributed by atoms with Gasteiger partial charge in [0.05, 0.1) is 25.7 Å². The lowest BCUT2D eigenvalue weighted by atomic mass is 9.78. The van der Waals surface area contributed by atoms with Crippen LogP contribution < -0.4 is 0 Å². The van der Waals surface area contributed by atoms with Gasteiger partial charge in [0, 0.05) is 41.4 Å². The largest absolute Gasteiger partial charge is 0.480 e. The zero-order chi connectivity index (χ0) is 47.2. The van der Waals surface area contributed by atoms with E-state index in [1.165, 1.54) is 14.3 Å². The van der Waals surface area contributed by atoms with Gasteiger partial charge in [-0.1, -0.05) is 42.8 Å². The van der Waals surface area contributed by atoms with Crippen molar-refractivity contribution in [2.45, 2.75) is 149 Å². The number of amides is 1. The summed E-state index contributed by atoms with van der Waals surface area (Å²) >= 11 is 0. The van der Waals surface area contributed by atoms with Gasteiger partial charge in [-0.15, -0.1) is 12.4 Å². The van der Waals surface area contributed by atoms with Gasteiger partial charge in [0.25, 0.3) is 11.8 Å². The van der Waals surface area contributed by atoms with Crippen molar-refractivity contribution in [3.63, 3.8) is 0 Å². The molecule has 2 unspecified atom stereocenters. The minimum absolute atomic E-state index is 0. The van der Waals surface area contributed by atoms with E-state index in [1.807, 2.05) is 58.0 Å². The maximum atomic E-state index is 15.2. The number of fused-ring (bicyclic) bond motifs is 2. The minimum atomic E-state index is -3.02. The summed E-state index contributed by atoms with van der Waals surface area (Å²) in [6.07, 6.45) is 7.21. The average molecular weight is 945 g/mol. The lowest BCUT2D eigenvalue weighted by Gasteiger charge is -2.39. The molecule has 2 fully saturated rings. The highest BCUT2D eigenvalue weighted by atomic mass is 35.5. The zero-order valence-corrected chi connectivity index (χ0v) is 39.5. The number of rotatable bonds is 10. The van der Waals surface area contributed by atoms with Crippen LogP contribution in [0, 0.1) is 27.7 Å². The van der Waals surface area contributed by atoms with Crippen LogP contribution in [-0.4, -0.2) is 91.5 Å². The number of halogens is 5. The van der Waals surface area contributed by atoms with Crippen molar-refractivity contribution >= 4 is 36.2 Å². The molecule has 2 aromatic heterocycles. The van der Waals surface area contributed by atoms with Gasteiger partial charge in [0.15, 0.2) is 11.4 Å². The van der Waals surface area contributed by atoms with Gasteiger partial charge in [-0.25, -0.2) is 27.2 Å². The summed E-state index contributed by atoms with van der Waals surface area (Å²) < 4.78 is 70.9. The molecule has 360 valence electrons. The normalized spacial score (nSPS) is 18.9. The fourth-order valence-corrected chi connectivity index (χ4v) is 9.68. The molecular weight excluding hydrogens is 882 g/mol. The van der Waals surface area contributed by atoms with Crippen molar-refractivity contribution in [1.82, 2.24) is 24.5 Å². The first kappa shape index (κ1) is 51.7. The van der Waals surface area contributed by atoms with Gasteiger partial charge in [0.1, 0.15) is 13.1 Å².